The maximum Gasteiger partial charge on any atom is 0.391 e. The van der Waals surface area contributed by atoms with Gasteiger partial charge in [-0.05, 0) is 73.8 Å². The van der Waals surface area contributed by atoms with Crippen molar-refractivity contribution < 1.29 is 31.5 Å². The maximum absolute atomic E-state index is 13.3. The van der Waals surface area contributed by atoms with Crippen molar-refractivity contribution in [3.8, 4) is 0 Å². The topological polar surface area (TPSA) is 99.6 Å². The Bertz CT molecular complexity index is 1320. The van der Waals surface area contributed by atoms with E-state index in [-0.39, 0.29) is 41.4 Å². The molecule has 1 aromatic carbocycles. The van der Waals surface area contributed by atoms with E-state index in [4.69, 9.17) is 0 Å². The van der Waals surface area contributed by atoms with Crippen molar-refractivity contribution in [3.63, 3.8) is 0 Å². The van der Waals surface area contributed by atoms with Gasteiger partial charge in [0.2, 0.25) is 0 Å². The number of benzene rings is 1. The summed E-state index contributed by atoms with van der Waals surface area (Å²) >= 11 is 0. The molecule has 2 N–H and O–H groups in total. The van der Waals surface area contributed by atoms with Crippen molar-refractivity contribution in [2.24, 2.45) is 17.8 Å². The molecular weight excluding hydrogens is 555 g/mol. The van der Waals surface area contributed by atoms with Gasteiger partial charge >= 0.3 is 6.18 Å². The third-order valence-corrected chi connectivity index (χ3v) is 10.2. The van der Waals surface area contributed by atoms with Crippen LogP contribution in [0.15, 0.2) is 41.4 Å². The molecule has 2 aliphatic rings. The van der Waals surface area contributed by atoms with Crippen molar-refractivity contribution >= 4 is 15.7 Å². The highest BCUT2D eigenvalue weighted by atomic mass is 32.2. The number of pyridine rings is 1. The number of hydrogen-bond acceptors (Lipinski definition) is 6. The zero-order chi connectivity index (χ0) is 30.1. The van der Waals surface area contributed by atoms with Gasteiger partial charge in [0, 0.05) is 19.3 Å². The van der Waals surface area contributed by atoms with Gasteiger partial charge in [-0.15, -0.1) is 0 Å². The third-order valence-electron chi connectivity index (χ3n) is 8.49. The smallest absolute Gasteiger partial charge is 0.391 e. The fourth-order valence-corrected chi connectivity index (χ4v) is 7.09. The zero-order valence-electron chi connectivity index (χ0n) is 24.0. The first-order valence-electron chi connectivity index (χ1n) is 14.3. The molecule has 1 fully saturated rings. The number of halogens is 3. The molecule has 0 spiro atoms. The molecule has 11 heteroatoms. The number of carbonyl (C=O) groups is 1. The number of aromatic nitrogens is 1. The number of amides is 1. The quantitative estimate of drug-likeness (QED) is 0.391. The molecule has 1 aliphatic carbocycles. The van der Waals surface area contributed by atoms with Gasteiger partial charge in [-0.2, -0.15) is 13.2 Å². The lowest BCUT2D eigenvalue weighted by molar-refractivity contribution is -0.184. The summed E-state index contributed by atoms with van der Waals surface area (Å²) in [5.41, 5.74) is 2.72. The number of nitrogens with one attached hydrogen (secondary N) is 1. The lowest BCUT2D eigenvalue weighted by atomic mass is 9.81. The van der Waals surface area contributed by atoms with E-state index < -0.39 is 40.0 Å². The Kier molecular flexibility index (Phi) is 9.50. The Labute approximate surface area is 240 Å². The monoisotopic (exact) mass is 595 g/mol. The van der Waals surface area contributed by atoms with E-state index in [0.717, 1.165) is 11.3 Å². The van der Waals surface area contributed by atoms with E-state index in [1.165, 1.54) is 18.3 Å². The predicted octanol–water partition coefficient (Wildman–Crippen LogP) is 5.61. The van der Waals surface area contributed by atoms with E-state index in [9.17, 15) is 31.5 Å². The van der Waals surface area contributed by atoms with E-state index in [1.54, 1.807) is 26.0 Å². The van der Waals surface area contributed by atoms with Crippen LogP contribution in [0, 0.1) is 17.8 Å². The minimum atomic E-state index is -4.12. The molecule has 2 aromatic rings. The molecule has 1 aliphatic heterocycles. The number of aliphatic hydroxyl groups is 1. The third kappa shape index (κ3) is 7.11. The largest absolute Gasteiger partial charge is 0.391 e. The molecule has 0 unspecified atom stereocenters. The number of carbonyl (C=O) groups excluding carboxylic acids is 1. The molecule has 2 heterocycles. The molecule has 0 saturated heterocycles. The van der Waals surface area contributed by atoms with Gasteiger partial charge in [0.1, 0.15) is 0 Å². The highest BCUT2D eigenvalue weighted by Crippen LogP contribution is 2.43. The average molecular weight is 596 g/mol. The first kappa shape index (κ1) is 31.4. The first-order chi connectivity index (χ1) is 19.2. The van der Waals surface area contributed by atoms with Crippen LogP contribution in [-0.2, 0) is 16.4 Å². The van der Waals surface area contributed by atoms with Crippen LogP contribution in [-0.4, -0.2) is 53.9 Å². The maximum atomic E-state index is 13.3. The SMILES string of the molecule is CCS(=O)(=O)c1ccc([C@H](NC(=O)c2cnc3c(c2)CN(CC2CCC(C(F)(F)F)CC2)[C@H]3C(C)C)[C@H](C)O)cc1. The second kappa shape index (κ2) is 12.4. The first-order valence-corrected chi connectivity index (χ1v) is 16.0. The van der Waals surface area contributed by atoms with E-state index in [1.807, 2.05) is 6.07 Å². The fourth-order valence-electron chi connectivity index (χ4n) is 6.20. The van der Waals surface area contributed by atoms with Gasteiger partial charge in [-0.25, -0.2) is 8.42 Å². The van der Waals surface area contributed by atoms with Gasteiger partial charge in [0.25, 0.3) is 5.91 Å². The Balaban J connectivity index is 1.47. The van der Waals surface area contributed by atoms with Crippen LogP contribution < -0.4 is 5.32 Å². The number of rotatable bonds is 9. The van der Waals surface area contributed by atoms with Crippen LogP contribution >= 0.6 is 0 Å². The molecule has 0 bridgehead atoms. The van der Waals surface area contributed by atoms with Crippen LogP contribution in [0.4, 0.5) is 13.2 Å². The zero-order valence-corrected chi connectivity index (χ0v) is 24.8. The van der Waals surface area contributed by atoms with E-state index in [0.29, 0.717) is 37.1 Å². The van der Waals surface area contributed by atoms with Crippen LogP contribution in [0.25, 0.3) is 0 Å². The minimum Gasteiger partial charge on any atom is -0.391 e. The minimum absolute atomic E-state index is 0.0191. The number of alkyl halides is 3. The summed E-state index contributed by atoms with van der Waals surface area (Å²) in [4.78, 5) is 20.4. The van der Waals surface area contributed by atoms with E-state index in [2.05, 4.69) is 29.0 Å². The van der Waals surface area contributed by atoms with Gasteiger partial charge < -0.3 is 10.4 Å². The van der Waals surface area contributed by atoms with Crippen LogP contribution in [0.5, 0.6) is 0 Å². The van der Waals surface area contributed by atoms with Crippen molar-refractivity contribution in [3.05, 3.63) is 58.9 Å². The van der Waals surface area contributed by atoms with Gasteiger partial charge in [0.05, 0.1) is 46.0 Å². The summed E-state index contributed by atoms with van der Waals surface area (Å²) in [6.07, 6.45) is -2.09. The molecule has 1 amide bonds. The summed E-state index contributed by atoms with van der Waals surface area (Å²) < 4.78 is 63.7. The highest BCUT2D eigenvalue weighted by Gasteiger charge is 2.42. The Morgan fingerprint density at radius 3 is 2.29 bits per heavy atom. The molecular formula is C30H40F3N3O4S. The number of aliphatic hydroxyl groups excluding tert-OH is 1. The fraction of sp³-hybridized carbons (Fsp3) is 0.600. The van der Waals surface area contributed by atoms with Crippen LogP contribution in [0.2, 0.25) is 0 Å². The standard InChI is InChI=1S/C30H40F3N3O4S/c1-5-41(39,40)25-12-8-21(9-13-25)26(19(4)37)35-29(38)22-14-23-17-36(28(18(2)3)27(23)34-15-22)16-20-6-10-24(11-7-20)30(31,32)33/h8-9,12-15,18-20,24,26,28,37H,5-7,10-11,16-17H2,1-4H3,(H,35,38)/t19-,20?,24?,26+,28-/m0/s1. The van der Waals surface area contributed by atoms with Crippen LogP contribution in [0.1, 0.15) is 92.6 Å². The number of fused-ring (bicyclic) bond motifs is 1. The summed E-state index contributed by atoms with van der Waals surface area (Å²) in [5, 5.41) is 13.3. The van der Waals surface area contributed by atoms with Crippen molar-refractivity contribution in [1.82, 2.24) is 15.2 Å². The van der Waals surface area contributed by atoms with Crippen LogP contribution in [0.3, 0.4) is 0 Å². The molecule has 0 radical (unpaired) electrons. The number of sulfone groups is 1. The molecule has 1 saturated carbocycles. The Morgan fingerprint density at radius 1 is 1.12 bits per heavy atom. The molecule has 226 valence electrons. The summed E-state index contributed by atoms with van der Waals surface area (Å²) in [6.45, 7) is 8.57. The van der Waals surface area contributed by atoms with Crippen molar-refractivity contribution in [2.45, 2.75) is 89.2 Å². The van der Waals surface area contributed by atoms with Gasteiger partial charge in [-0.1, -0.05) is 32.9 Å². The molecule has 4 rings (SSSR count). The normalized spacial score (nSPS) is 23.3. The second-order valence-corrected chi connectivity index (χ2v) is 14.1. The molecule has 1 aromatic heterocycles. The summed E-state index contributed by atoms with van der Waals surface area (Å²) in [6, 6.07) is 7.20. The molecule has 7 nitrogen and oxygen atoms in total. The summed E-state index contributed by atoms with van der Waals surface area (Å²) in [7, 11) is -3.37. The molecule has 41 heavy (non-hydrogen) atoms. The highest BCUT2D eigenvalue weighted by molar-refractivity contribution is 7.91. The summed E-state index contributed by atoms with van der Waals surface area (Å²) in [5.74, 6) is -1.22. The Morgan fingerprint density at radius 2 is 1.76 bits per heavy atom. The van der Waals surface area contributed by atoms with Gasteiger partial charge in [-0.3, -0.25) is 14.7 Å². The van der Waals surface area contributed by atoms with Crippen molar-refractivity contribution in [1.29, 1.82) is 0 Å². The predicted molar refractivity (Wildman–Crippen MR) is 150 cm³/mol. The van der Waals surface area contributed by atoms with Gasteiger partial charge in [0.15, 0.2) is 9.84 Å². The molecule has 3 atom stereocenters. The van der Waals surface area contributed by atoms with E-state index >= 15 is 0 Å². The lowest BCUT2D eigenvalue weighted by Gasteiger charge is -2.35. The van der Waals surface area contributed by atoms with Crippen molar-refractivity contribution in [2.75, 3.05) is 12.3 Å². The number of nitrogens with zero attached hydrogens (tertiary/aromatic N) is 2. The average Bonchev–Trinajstić information content (AvgIpc) is 3.28. The second-order valence-electron chi connectivity index (χ2n) is 11.8. The Hall–Kier alpha value is -2.50. The lowest BCUT2D eigenvalue weighted by Crippen LogP contribution is -2.35. The number of hydrogen-bond donors (Lipinski definition) is 2.